The van der Waals surface area contributed by atoms with Crippen molar-refractivity contribution in [3.8, 4) is 0 Å². The Morgan fingerprint density at radius 1 is 1.43 bits per heavy atom. The van der Waals surface area contributed by atoms with Crippen LogP contribution in [0.3, 0.4) is 0 Å². The smallest absolute Gasteiger partial charge is 0.339 e. The molecule has 4 N–H and O–H groups in total. The SMILES string of the molecule is Nc1nn2nnnc2c(N)c1[N+](=O)[O-]. The van der Waals surface area contributed by atoms with Crippen LogP contribution in [-0.4, -0.2) is 30.2 Å². The van der Waals surface area contributed by atoms with Gasteiger partial charge >= 0.3 is 5.69 Å². The van der Waals surface area contributed by atoms with Crippen LogP contribution in [0.25, 0.3) is 5.65 Å². The summed E-state index contributed by atoms with van der Waals surface area (Å²) in [6, 6.07) is 0. The summed E-state index contributed by atoms with van der Waals surface area (Å²) in [5, 5.41) is 24.2. The topological polar surface area (TPSA) is 151 Å². The van der Waals surface area contributed by atoms with Crippen LogP contribution in [0, 0.1) is 10.1 Å². The number of hydrogen-bond acceptors (Lipinski definition) is 8. The quantitative estimate of drug-likeness (QED) is 0.416. The predicted octanol–water partition coefficient (Wildman–Crippen LogP) is -1.41. The van der Waals surface area contributed by atoms with Gasteiger partial charge in [-0.25, -0.2) is 0 Å². The number of rotatable bonds is 1. The van der Waals surface area contributed by atoms with Gasteiger partial charge in [-0.15, -0.1) is 14.8 Å². The summed E-state index contributed by atoms with van der Waals surface area (Å²) in [6.07, 6.45) is 0. The molecule has 0 radical (unpaired) electrons. The first-order valence-electron chi connectivity index (χ1n) is 3.39. The molecule has 0 bridgehead atoms. The molecular formula is C4H4N8O2. The van der Waals surface area contributed by atoms with Crippen LogP contribution in [0.2, 0.25) is 0 Å². The molecule has 72 valence electrons. The van der Waals surface area contributed by atoms with E-state index >= 15 is 0 Å². The molecule has 0 saturated heterocycles. The second-order valence-corrected chi connectivity index (χ2v) is 2.40. The highest BCUT2D eigenvalue weighted by Gasteiger charge is 2.23. The van der Waals surface area contributed by atoms with Crippen LogP contribution in [0.5, 0.6) is 0 Å². The van der Waals surface area contributed by atoms with Crippen molar-refractivity contribution < 1.29 is 4.92 Å². The molecule has 2 aromatic heterocycles. The van der Waals surface area contributed by atoms with E-state index in [-0.39, 0.29) is 17.2 Å². The number of nitrogens with two attached hydrogens (primary N) is 2. The van der Waals surface area contributed by atoms with Gasteiger partial charge in [0, 0.05) is 0 Å². The fourth-order valence-corrected chi connectivity index (χ4v) is 0.997. The first kappa shape index (κ1) is 8.10. The van der Waals surface area contributed by atoms with Crippen molar-refractivity contribution in [2.75, 3.05) is 11.5 Å². The minimum Gasteiger partial charge on any atom is -0.390 e. The summed E-state index contributed by atoms with van der Waals surface area (Å²) >= 11 is 0. The van der Waals surface area contributed by atoms with Crippen molar-refractivity contribution in [3.63, 3.8) is 0 Å². The molecule has 14 heavy (non-hydrogen) atoms. The molecule has 0 aliphatic heterocycles. The van der Waals surface area contributed by atoms with E-state index in [0.29, 0.717) is 0 Å². The van der Waals surface area contributed by atoms with Crippen LogP contribution in [0.15, 0.2) is 0 Å². The van der Waals surface area contributed by atoms with Gasteiger partial charge in [-0.2, -0.15) is 0 Å². The third kappa shape index (κ3) is 0.903. The second kappa shape index (κ2) is 2.48. The number of nitro groups is 1. The molecule has 0 aliphatic rings. The van der Waals surface area contributed by atoms with Crippen molar-refractivity contribution in [1.82, 2.24) is 25.3 Å². The Morgan fingerprint density at radius 2 is 2.14 bits per heavy atom. The van der Waals surface area contributed by atoms with E-state index in [9.17, 15) is 10.1 Å². The van der Waals surface area contributed by atoms with Gasteiger partial charge in [0.15, 0.2) is 5.69 Å². The van der Waals surface area contributed by atoms with Crippen molar-refractivity contribution >= 4 is 22.8 Å². The number of nitrogen functional groups attached to an aromatic ring is 2. The Labute approximate surface area is 75.6 Å². The van der Waals surface area contributed by atoms with Gasteiger partial charge in [-0.05, 0) is 10.4 Å². The summed E-state index contributed by atoms with van der Waals surface area (Å²) in [5.41, 5.74) is 10.1. The molecule has 2 aromatic rings. The Bertz CT molecular complexity index is 517. The molecule has 0 unspecified atom stereocenters. The summed E-state index contributed by atoms with van der Waals surface area (Å²) < 4.78 is 0.928. The van der Waals surface area contributed by atoms with E-state index in [0.717, 1.165) is 4.63 Å². The first-order valence-corrected chi connectivity index (χ1v) is 3.39. The number of nitrogens with zero attached hydrogens (tertiary/aromatic N) is 6. The van der Waals surface area contributed by atoms with E-state index in [4.69, 9.17) is 11.5 Å². The Morgan fingerprint density at radius 3 is 2.79 bits per heavy atom. The van der Waals surface area contributed by atoms with Crippen molar-refractivity contribution in [2.24, 2.45) is 0 Å². The molecule has 10 heteroatoms. The summed E-state index contributed by atoms with van der Waals surface area (Å²) in [5.74, 6) is -0.327. The largest absolute Gasteiger partial charge is 0.390 e. The molecule has 0 aliphatic carbocycles. The molecule has 0 amide bonds. The van der Waals surface area contributed by atoms with E-state index in [1.807, 2.05) is 0 Å². The van der Waals surface area contributed by atoms with Crippen molar-refractivity contribution in [1.29, 1.82) is 0 Å². The van der Waals surface area contributed by atoms with Gasteiger partial charge in [-0.1, -0.05) is 0 Å². The molecule has 0 saturated carbocycles. The number of hydrogen-bond donors (Lipinski definition) is 2. The maximum Gasteiger partial charge on any atom is 0.339 e. The molecule has 0 atom stereocenters. The van der Waals surface area contributed by atoms with Crippen LogP contribution in [0.4, 0.5) is 17.2 Å². The lowest BCUT2D eigenvalue weighted by Crippen LogP contribution is -2.08. The normalized spacial score (nSPS) is 10.6. The van der Waals surface area contributed by atoms with Gasteiger partial charge in [0.1, 0.15) is 0 Å². The zero-order valence-electron chi connectivity index (χ0n) is 6.65. The van der Waals surface area contributed by atoms with Crippen LogP contribution < -0.4 is 11.5 Å². The number of tetrazole rings is 1. The molecule has 2 heterocycles. The van der Waals surface area contributed by atoms with E-state index in [1.54, 1.807) is 0 Å². The monoisotopic (exact) mass is 196 g/mol. The second-order valence-electron chi connectivity index (χ2n) is 2.40. The lowest BCUT2D eigenvalue weighted by molar-refractivity contribution is -0.383. The highest BCUT2D eigenvalue weighted by atomic mass is 16.6. The Balaban J connectivity index is 2.89. The number of aromatic nitrogens is 5. The van der Waals surface area contributed by atoms with Crippen molar-refractivity contribution in [3.05, 3.63) is 10.1 Å². The van der Waals surface area contributed by atoms with E-state index in [2.05, 4.69) is 20.6 Å². The van der Waals surface area contributed by atoms with Crippen LogP contribution in [0.1, 0.15) is 0 Å². The third-order valence-corrected chi connectivity index (χ3v) is 1.58. The van der Waals surface area contributed by atoms with Crippen LogP contribution in [-0.2, 0) is 0 Å². The molecular weight excluding hydrogens is 192 g/mol. The van der Waals surface area contributed by atoms with Gasteiger partial charge < -0.3 is 11.5 Å². The predicted molar refractivity (Wildman–Crippen MR) is 44.1 cm³/mol. The Hall–Kier alpha value is -2.52. The van der Waals surface area contributed by atoms with Gasteiger partial charge in [0.25, 0.3) is 0 Å². The average molecular weight is 196 g/mol. The number of fused-ring (bicyclic) bond motifs is 1. The molecule has 0 spiro atoms. The minimum atomic E-state index is -0.730. The summed E-state index contributed by atoms with van der Waals surface area (Å²) in [4.78, 5) is 9.81. The fourth-order valence-electron chi connectivity index (χ4n) is 0.997. The highest BCUT2D eigenvalue weighted by Crippen LogP contribution is 2.28. The fraction of sp³-hybridized carbons (Fsp3) is 0. The Kier molecular flexibility index (Phi) is 1.44. The number of anilines is 2. The third-order valence-electron chi connectivity index (χ3n) is 1.58. The first-order chi connectivity index (χ1) is 6.61. The highest BCUT2D eigenvalue weighted by molar-refractivity contribution is 5.80. The lowest BCUT2D eigenvalue weighted by atomic mass is 10.4. The summed E-state index contributed by atoms with van der Waals surface area (Å²) in [7, 11) is 0. The van der Waals surface area contributed by atoms with E-state index < -0.39 is 10.6 Å². The van der Waals surface area contributed by atoms with Gasteiger partial charge in [0.05, 0.1) is 4.92 Å². The van der Waals surface area contributed by atoms with Crippen molar-refractivity contribution in [2.45, 2.75) is 0 Å². The maximum atomic E-state index is 10.5. The molecule has 2 rings (SSSR count). The van der Waals surface area contributed by atoms with Crippen LogP contribution >= 0.6 is 0 Å². The molecule has 0 aromatic carbocycles. The van der Waals surface area contributed by atoms with Gasteiger partial charge in [0.2, 0.25) is 11.5 Å². The zero-order valence-corrected chi connectivity index (χ0v) is 6.65. The minimum absolute atomic E-state index is 0.00546. The molecule has 10 nitrogen and oxygen atoms in total. The van der Waals surface area contributed by atoms with E-state index in [1.165, 1.54) is 0 Å². The molecule has 0 fully saturated rings. The van der Waals surface area contributed by atoms with Gasteiger partial charge in [-0.3, -0.25) is 10.1 Å². The summed E-state index contributed by atoms with van der Waals surface area (Å²) in [6.45, 7) is 0. The zero-order chi connectivity index (χ0) is 10.3. The standard InChI is InChI=1S/C4H4N8O2/c5-1-2(12(13)14)3(6)8-11-4(1)7-9-10-11/h5H2,(H2,6,8). The lowest BCUT2D eigenvalue weighted by Gasteiger charge is -1.99. The average Bonchev–Trinajstić information content (AvgIpc) is 2.50. The maximum absolute atomic E-state index is 10.5.